The van der Waals surface area contributed by atoms with Crippen molar-refractivity contribution in [2.75, 3.05) is 0 Å². The van der Waals surface area contributed by atoms with E-state index in [1.807, 2.05) is 0 Å². The third kappa shape index (κ3) is 5.37. The summed E-state index contributed by atoms with van der Waals surface area (Å²) in [6.45, 7) is 27.7. The Morgan fingerprint density at radius 3 is 1.72 bits per heavy atom. The van der Waals surface area contributed by atoms with Crippen LogP contribution in [-0.2, 0) is 20.8 Å². The minimum absolute atomic E-state index is 0.0115. The maximum absolute atomic E-state index is 7.06. The van der Waals surface area contributed by atoms with Gasteiger partial charge in [0.2, 0.25) is 0 Å². The average Bonchev–Trinajstić information content (AvgIpc) is 2.96. The first-order valence-corrected chi connectivity index (χ1v) is 13.7. The average molecular weight is 462 g/mol. The van der Waals surface area contributed by atoms with Gasteiger partial charge in [-0.3, -0.25) is 0 Å². The molecule has 3 atom stereocenters. The van der Waals surface area contributed by atoms with Gasteiger partial charge in [0.05, 0.1) is 6.10 Å². The van der Waals surface area contributed by atoms with Gasteiger partial charge in [-0.25, -0.2) is 4.67 Å². The second-order valence-electron chi connectivity index (χ2n) is 14.0. The first-order chi connectivity index (χ1) is 14.4. The molecular weight excluding hydrogens is 413 g/mol. The van der Waals surface area contributed by atoms with Crippen LogP contribution in [-0.4, -0.2) is 22.4 Å². The van der Waals surface area contributed by atoms with Gasteiger partial charge in [0.15, 0.2) is 0 Å². The summed E-state index contributed by atoms with van der Waals surface area (Å²) >= 11 is 0. The van der Waals surface area contributed by atoms with Crippen LogP contribution in [0.2, 0.25) is 0 Å². The normalized spacial score (nSPS) is 25.7. The predicted octanol–water partition coefficient (Wildman–Crippen LogP) is 8.63. The van der Waals surface area contributed by atoms with Crippen LogP contribution in [0.15, 0.2) is 12.1 Å². The third-order valence-corrected chi connectivity index (χ3v) is 8.85. The summed E-state index contributed by atoms with van der Waals surface area (Å²) in [7, 11) is -1.15. The van der Waals surface area contributed by atoms with Gasteiger partial charge in [-0.2, -0.15) is 0 Å². The van der Waals surface area contributed by atoms with Gasteiger partial charge in [0.1, 0.15) is 5.75 Å². The van der Waals surface area contributed by atoms with Crippen LogP contribution in [0, 0.1) is 0 Å². The summed E-state index contributed by atoms with van der Waals surface area (Å²) in [5.41, 5.74) is 4.02. The molecule has 2 aliphatic rings. The van der Waals surface area contributed by atoms with E-state index >= 15 is 0 Å². The smallest absolute Gasteiger partial charge is 0.322 e. The zero-order valence-corrected chi connectivity index (χ0v) is 23.7. The van der Waals surface area contributed by atoms with Crippen LogP contribution in [0.1, 0.15) is 125 Å². The van der Waals surface area contributed by atoms with E-state index in [0.717, 1.165) is 12.2 Å². The van der Waals surface area contributed by atoms with E-state index in [4.69, 9.17) is 9.05 Å². The molecule has 1 aromatic rings. The molecule has 1 aliphatic heterocycles. The van der Waals surface area contributed by atoms with Gasteiger partial charge in [0.25, 0.3) is 0 Å². The molecule has 32 heavy (non-hydrogen) atoms. The fourth-order valence-electron chi connectivity index (χ4n) is 4.93. The number of hydrogen-bond donors (Lipinski definition) is 0. The highest BCUT2D eigenvalue weighted by Crippen LogP contribution is 2.60. The summed E-state index contributed by atoms with van der Waals surface area (Å²) in [6, 6.07) is 5.26. The molecule has 3 nitrogen and oxygen atoms in total. The molecule has 0 spiro atoms. The Morgan fingerprint density at radius 2 is 1.28 bits per heavy atom. The quantitative estimate of drug-likeness (QED) is 0.411. The van der Waals surface area contributed by atoms with Gasteiger partial charge in [-0.1, -0.05) is 87.3 Å². The molecule has 2 fully saturated rings. The first-order valence-electron chi connectivity index (χ1n) is 12.5. The molecule has 3 rings (SSSR count). The van der Waals surface area contributed by atoms with E-state index in [1.54, 1.807) is 0 Å². The molecule has 1 saturated heterocycles. The van der Waals surface area contributed by atoms with E-state index < -0.39 is 8.53 Å². The number of nitrogens with zero attached hydrogens (tertiary/aromatic N) is 1. The highest BCUT2D eigenvalue weighted by atomic mass is 31.2. The zero-order valence-electron chi connectivity index (χ0n) is 22.8. The summed E-state index contributed by atoms with van der Waals surface area (Å²) in [5, 5.41) is 0. The highest BCUT2D eigenvalue weighted by Gasteiger charge is 2.51. The Kier molecular flexibility index (Phi) is 6.94. The molecule has 0 amide bonds. The molecule has 182 valence electrons. The molecule has 1 heterocycles. The maximum Gasteiger partial charge on any atom is 0.322 e. The second kappa shape index (κ2) is 8.54. The Hall–Kier alpha value is -0.630. The van der Waals surface area contributed by atoms with Crippen molar-refractivity contribution in [2.24, 2.45) is 0 Å². The van der Waals surface area contributed by atoms with Crippen molar-refractivity contribution in [1.82, 2.24) is 4.67 Å². The molecule has 4 heteroatoms. The van der Waals surface area contributed by atoms with Crippen molar-refractivity contribution in [1.29, 1.82) is 0 Å². The van der Waals surface area contributed by atoms with E-state index in [-0.39, 0.29) is 21.8 Å². The Balaban J connectivity index is 2.15. The topological polar surface area (TPSA) is 21.7 Å². The van der Waals surface area contributed by atoms with Crippen LogP contribution in [0.4, 0.5) is 0 Å². The lowest BCUT2D eigenvalue weighted by molar-refractivity contribution is 0.114. The molecule has 0 aromatic heterocycles. The van der Waals surface area contributed by atoms with Crippen molar-refractivity contribution in [2.45, 2.75) is 143 Å². The van der Waals surface area contributed by atoms with Crippen molar-refractivity contribution >= 4 is 8.53 Å². The summed E-state index contributed by atoms with van der Waals surface area (Å²) in [5.74, 6) is 1.05. The van der Waals surface area contributed by atoms with Crippen LogP contribution in [0.25, 0.3) is 0 Å². The molecule has 3 unspecified atom stereocenters. The van der Waals surface area contributed by atoms with Crippen LogP contribution < -0.4 is 4.52 Å². The Labute approximate surface area is 199 Å². The van der Waals surface area contributed by atoms with Gasteiger partial charge in [-0.05, 0) is 55.4 Å². The second-order valence-corrected chi connectivity index (χ2v) is 15.3. The Morgan fingerprint density at radius 1 is 0.781 bits per heavy atom. The first kappa shape index (κ1) is 26.0. The monoisotopic (exact) mass is 461 g/mol. The van der Waals surface area contributed by atoms with Gasteiger partial charge < -0.3 is 9.05 Å². The van der Waals surface area contributed by atoms with Crippen molar-refractivity contribution in [3.05, 3.63) is 28.8 Å². The molecular formula is C28H48NO2P. The lowest BCUT2D eigenvalue weighted by atomic mass is 9.75. The molecule has 0 N–H and O–H groups in total. The molecule has 1 aromatic carbocycles. The van der Waals surface area contributed by atoms with E-state index in [9.17, 15) is 0 Å². The SMILES string of the molecule is CC(C)(C)c1cc(C(C)(C)C)c(OP2OC3CCCCC3N2C(C)(C)C)c(C(C)(C)C)c1. The highest BCUT2D eigenvalue weighted by molar-refractivity contribution is 7.45. The summed E-state index contributed by atoms with van der Waals surface area (Å²) in [6.07, 6.45) is 5.23. The van der Waals surface area contributed by atoms with Gasteiger partial charge in [0, 0.05) is 22.7 Å². The largest absolute Gasteiger partial charge is 0.435 e. The zero-order chi connectivity index (χ0) is 24.3. The number of rotatable bonds is 2. The van der Waals surface area contributed by atoms with Gasteiger partial charge in [-0.15, -0.1) is 0 Å². The van der Waals surface area contributed by atoms with Crippen LogP contribution in [0.5, 0.6) is 5.75 Å². The summed E-state index contributed by atoms with van der Waals surface area (Å²) in [4.78, 5) is 0. The van der Waals surface area contributed by atoms with E-state index in [2.05, 4.69) is 99.9 Å². The fourth-order valence-corrected chi connectivity index (χ4v) is 6.99. The molecule has 0 bridgehead atoms. The van der Waals surface area contributed by atoms with Gasteiger partial charge >= 0.3 is 8.53 Å². The minimum atomic E-state index is -1.15. The number of benzene rings is 1. The Bertz CT molecular complexity index is 785. The number of hydrogen-bond acceptors (Lipinski definition) is 3. The lowest BCUT2D eigenvalue weighted by Crippen LogP contribution is -2.46. The molecule has 1 saturated carbocycles. The standard InChI is InChI=1S/C28H48NO2P/c1-25(2,3)19-17-20(26(4,5)6)24(21(18-19)27(7,8)9)31-32-29(28(10,11)12)22-15-13-14-16-23(22)30-32/h17-18,22-23H,13-16H2,1-12H3. The van der Waals surface area contributed by atoms with Crippen molar-refractivity contribution in [3.8, 4) is 5.75 Å². The van der Waals surface area contributed by atoms with Crippen LogP contribution in [0.3, 0.4) is 0 Å². The van der Waals surface area contributed by atoms with Crippen LogP contribution >= 0.6 is 8.53 Å². The van der Waals surface area contributed by atoms with Crippen molar-refractivity contribution in [3.63, 3.8) is 0 Å². The van der Waals surface area contributed by atoms with E-state index in [0.29, 0.717) is 12.1 Å². The lowest BCUT2D eigenvalue weighted by Gasteiger charge is -2.40. The molecule has 0 radical (unpaired) electrons. The fraction of sp³-hybridized carbons (Fsp3) is 0.786. The minimum Gasteiger partial charge on any atom is -0.435 e. The third-order valence-electron chi connectivity index (χ3n) is 6.81. The summed E-state index contributed by atoms with van der Waals surface area (Å²) < 4.78 is 16.3. The number of fused-ring (bicyclic) bond motifs is 1. The van der Waals surface area contributed by atoms with Crippen molar-refractivity contribution < 1.29 is 9.05 Å². The predicted molar refractivity (Wildman–Crippen MR) is 139 cm³/mol. The van der Waals surface area contributed by atoms with E-state index in [1.165, 1.54) is 36.0 Å². The molecule has 1 aliphatic carbocycles. The maximum atomic E-state index is 7.06.